The lowest BCUT2D eigenvalue weighted by atomic mass is 10.1. The average molecular weight is 350 g/mol. The second kappa shape index (κ2) is 5.90. The van der Waals surface area contributed by atoms with Gasteiger partial charge in [-0.2, -0.15) is 0 Å². The zero-order valence-electron chi connectivity index (χ0n) is 15.5. The molecular weight excluding hydrogens is 328 g/mol. The van der Waals surface area contributed by atoms with Crippen molar-refractivity contribution < 1.29 is 9.47 Å². The Hall–Kier alpha value is -2.76. The van der Waals surface area contributed by atoms with Crippen LogP contribution in [-0.2, 0) is 9.47 Å². The van der Waals surface area contributed by atoms with Crippen LogP contribution in [-0.4, -0.2) is 46.1 Å². The molecule has 4 heterocycles. The highest BCUT2D eigenvalue weighted by Crippen LogP contribution is 2.27. The van der Waals surface area contributed by atoms with Crippen molar-refractivity contribution in [2.75, 3.05) is 13.2 Å². The molecule has 6 nitrogen and oxygen atoms in total. The molecule has 0 bridgehead atoms. The summed E-state index contributed by atoms with van der Waals surface area (Å²) in [6.07, 6.45) is 3.54. The van der Waals surface area contributed by atoms with Gasteiger partial charge in [-0.05, 0) is 63.1 Å². The number of rotatable bonds is 3. The van der Waals surface area contributed by atoms with E-state index in [4.69, 9.17) is 14.5 Å². The van der Waals surface area contributed by atoms with Crippen molar-refractivity contribution in [2.45, 2.75) is 38.8 Å². The fraction of sp³-hybridized carbons (Fsp3) is 0.400. The average Bonchev–Trinajstić information content (AvgIpc) is 3.17. The molecule has 0 saturated carbocycles. The van der Waals surface area contributed by atoms with Crippen LogP contribution in [0.4, 0.5) is 0 Å². The van der Waals surface area contributed by atoms with Crippen LogP contribution in [0.2, 0.25) is 0 Å². The van der Waals surface area contributed by atoms with E-state index < -0.39 is 0 Å². The smallest absolute Gasteiger partial charge is 0.236 e. The van der Waals surface area contributed by atoms with Gasteiger partial charge in [-0.15, -0.1) is 0 Å². The molecule has 0 amide bonds. The number of aliphatic imine (C=N–C) groups is 2. The molecule has 2 aromatic heterocycles. The van der Waals surface area contributed by atoms with E-state index in [2.05, 4.69) is 15.0 Å². The van der Waals surface area contributed by atoms with Gasteiger partial charge in [0.1, 0.15) is 24.6 Å². The molecule has 134 valence electrons. The van der Waals surface area contributed by atoms with Crippen LogP contribution < -0.4 is 0 Å². The molecule has 0 N–H and O–H groups in total. The Kier molecular flexibility index (Phi) is 3.79. The predicted molar refractivity (Wildman–Crippen MR) is 101 cm³/mol. The van der Waals surface area contributed by atoms with Gasteiger partial charge in [0.05, 0.1) is 11.1 Å². The first-order chi connectivity index (χ1) is 12.3. The number of nitrogens with zero attached hydrogens (tertiary/aromatic N) is 4. The van der Waals surface area contributed by atoms with Crippen LogP contribution in [0.5, 0.6) is 0 Å². The lowest BCUT2D eigenvalue weighted by molar-refractivity contribution is 0.278. The van der Waals surface area contributed by atoms with Gasteiger partial charge >= 0.3 is 0 Å². The van der Waals surface area contributed by atoms with Crippen molar-refractivity contribution in [3.05, 3.63) is 48.0 Å². The Morgan fingerprint density at radius 2 is 1.27 bits per heavy atom. The van der Waals surface area contributed by atoms with Crippen LogP contribution in [0.1, 0.15) is 39.1 Å². The molecule has 2 aromatic rings. The third kappa shape index (κ3) is 3.31. The summed E-state index contributed by atoms with van der Waals surface area (Å²) in [5, 5.41) is 0. The lowest BCUT2D eigenvalue weighted by Gasteiger charge is -2.09. The van der Waals surface area contributed by atoms with Crippen molar-refractivity contribution in [1.82, 2.24) is 9.97 Å². The summed E-state index contributed by atoms with van der Waals surface area (Å²) >= 11 is 0. The fourth-order valence-corrected chi connectivity index (χ4v) is 2.89. The Balaban J connectivity index is 1.83. The number of hydrogen-bond donors (Lipinski definition) is 0. The summed E-state index contributed by atoms with van der Waals surface area (Å²) in [4.78, 5) is 18.1. The molecule has 0 unspecified atom stereocenters. The van der Waals surface area contributed by atoms with E-state index >= 15 is 0 Å². The first kappa shape index (κ1) is 16.7. The summed E-state index contributed by atoms with van der Waals surface area (Å²) in [5.74, 6) is 1.12. The van der Waals surface area contributed by atoms with E-state index in [-0.39, 0.29) is 11.1 Å². The van der Waals surface area contributed by atoms with Crippen LogP contribution in [0, 0.1) is 0 Å². The van der Waals surface area contributed by atoms with Crippen LogP contribution in [0.15, 0.2) is 46.6 Å². The Bertz CT molecular complexity index is 849. The second-order valence-corrected chi connectivity index (χ2v) is 7.90. The molecule has 4 rings (SSSR count). The topological polar surface area (TPSA) is 69.0 Å². The maximum absolute atomic E-state index is 5.80. The second-order valence-electron chi connectivity index (χ2n) is 7.90. The maximum atomic E-state index is 5.80. The molecule has 0 spiro atoms. The van der Waals surface area contributed by atoms with E-state index in [0.717, 1.165) is 11.1 Å². The minimum atomic E-state index is -0.243. The molecule has 0 saturated heterocycles. The van der Waals surface area contributed by atoms with E-state index in [1.54, 1.807) is 12.4 Å². The number of ether oxygens (including phenoxy) is 2. The zero-order valence-corrected chi connectivity index (χ0v) is 15.5. The van der Waals surface area contributed by atoms with Crippen LogP contribution in [0.3, 0.4) is 0 Å². The van der Waals surface area contributed by atoms with Gasteiger partial charge in [-0.1, -0.05) is 0 Å². The highest BCUT2D eigenvalue weighted by molar-refractivity contribution is 5.99. The molecule has 0 atom stereocenters. The highest BCUT2D eigenvalue weighted by Gasteiger charge is 2.31. The van der Waals surface area contributed by atoms with Crippen molar-refractivity contribution in [2.24, 2.45) is 9.98 Å². The maximum Gasteiger partial charge on any atom is 0.236 e. The molecule has 26 heavy (non-hydrogen) atoms. The third-order valence-corrected chi connectivity index (χ3v) is 4.21. The molecule has 0 fully saturated rings. The number of aromatic nitrogens is 2. The van der Waals surface area contributed by atoms with Crippen molar-refractivity contribution in [3.8, 4) is 11.1 Å². The standard InChI is InChI=1S/C20H22N4O2/c1-19(2)11-25-17(23-19)15-9-14(13-5-7-21-8-6-13)10-16(22-15)18-24-20(3,4)12-26-18/h5-10H,11-12H2,1-4H3. The quantitative estimate of drug-likeness (QED) is 0.852. The molecule has 6 heteroatoms. The fourth-order valence-electron chi connectivity index (χ4n) is 2.89. The van der Waals surface area contributed by atoms with Crippen molar-refractivity contribution >= 4 is 11.8 Å². The van der Waals surface area contributed by atoms with Gasteiger partial charge < -0.3 is 9.47 Å². The molecule has 0 aliphatic carbocycles. The summed E-state index contributed by atoms with van der Waals surface area (Å²) in [6, 6.07) is 7.90. The number of hydrogen-bond acceptors (Lipinski definition) is 6. The van der Waals surface area contributed by atoms with Crippen molar-refractivity contribution in [1.29, 1.82) is 0 Å². The SMILES string of the molecule is CC1(C)COC(c2cc(-c3ccncc3)cc(C3=NC(C)(C)CO3)n2)=N1. The zero-order chi connectivity index (χ0) is 18.4. The minimum Gasteiger partial charge on any atom is -0.474 e. The number of pyridine rings is 2. The first-order valence-corrected chi connectivity index (χ1v) is 8.70. The Labute approximate surface area is 153 Å². The van der Waals surface area contributed by atoms with Crippen LogP contribution >= 0.6 is 0 Å². The van der Waals surface area contributed by atoms with Gasteiger partial charge in [0.15, 0.2) is 0 Å². The Morgan fingerprint density at radius 3 is 1.69 bits per heavy atom. The van der Waals surface area contributed by atoms with Gasteiger partial charge in [0.25, 0.3) is 0 Å². The summed E-state index contributed by atoms with van der Waals surface area (Å²) in [5.41, 5.74) is 2.94. The first-order valence-electron chi connectivity index (χ1n) is 8.70. The molecule has 2 aliphatic heterocycles. The van der Waals surface area contributed by atoms with Crippen LogP contribution in [0.25, 0.3) is 11.1 Å². The molecule has 0 aromatic carbocycles. The lowest BCUT2D eigenvalue weighted by Crippen LogP contribution is -2.17. The summed E-state index contributed by atoms with van der Waals surface area (Å²) in [7, 11) is 0. The largest absolute Gasteiger partial charge is 0.474 e. The normalized spacial score (nSPS) is 20.2. The van der Waals surface area contributed by atoms with Gasteiger partial charge in [0.2, 0.25) is 11.8 Å². The monoisotopic (exact) mass is 350 g/mol. The summed E-state index contributed by atoms with van der Waals surface area (Å²) in [6.45, 7) is 9.26. The molecular formula is C20H22N4O2. The third-order valence-electron chi connectivity index (χ3n) is 4.21. The predicted octanol–water partition coefficient (Wildman–Crippen LogP) is 3.25. The summed E-state index contributed by atoms with van der Waals surface area (Å²) < 4.78 is 11.6. The van der Waals surface area contributed by atoms with Crippen molar-refractivity contribution in [3.63, 3.8) is 0 Å². The van der Waals surface area contributed by atoms with Gasteiger partial charge in [0, 0.05) is 12.4 Å². The Morgan fingerprint density at radius 1 is 0.769 bits per heavy atom. The van der Waals surface area contributed by atoms with E-state index in [1.807, 2.05) is 52.0 Å². The molecule has 0 radical (unpaired) electrons. The highest BCUT2D eigenvalue weighted by atomic mass is 16.5. The van der Waals surface area contributed by atoms with Gasteiger partial charge in [-0.3, -0.25) is 4.98 Å². The molecule has 2 aliphatic rings. The van der Waals surface area contributed by atoms with E-state index in [0.29, 0.717) is 36.4 Å². The minimum absolute atomic E-state index is 0.243. The van der Waals surface area contributed by atoms with Gasteiger partial charge in [-0.25, -0.2) is 15.0 Å². The van der Waals surface area contributed by atoms with E-state index in [1.165, 1.54) is 0 Å². The van der Waals surface area contributed by atoms with E-state index in [9.17, 15) is 0 Å².